The summed E-state index contributed by atoms with van der Waals surface area (Å²) in [4.78, 5) is 2.43. The van der Waals surface area contributed by atoms with Gasteiger partial charge in [-0.3, -0.25) is 0 Å². The molecular weight excluding hydrogens is 264 g/mol. The number of halogens is 1. The first kappa shape index (κ1) is 13.9. The number of hydrogen-bond acceptors (Lipinski definition) is 3. The molecule has 18 heavy (non-hydrogen) atoms. The molecule has 1 aromatic carbocycles. The SMILES string of the molecule is Cc1cc(N)c(Cl)cc1N1CCSC(C)(C)CC1. The van der Waals surface area contributed by atoms with Crippen molar-refractivity contribution in [3.63, 3.8) is 0 Å². The third-order valence-corrected chi connectivity index (χ3v) is 5.19. The number of nitrogens with two attached hydrogens (primary N) is 1. The highest BCUT2D eigenvalue weighted by Gasteiger charge is 2.24. The molecule has 0 spiro atoms. The predicted molar refractivity (Wildman–Crippen MR) is 84.0 cm³/mol. The Morgan fingerprint density at radius 1 is 1.33 bits per heavy atom. The van der Waals surface area contributed by atoms with Crippen molar-refractivity contribution in [3.05, 3.63) is 22.7 Å². The van der Waals surface area contributed by atoms with Crippen LogP contribution in [0.1, 0.15) is 25.8 Å². The van der Waals surface area contributed by atoms with Gasteiger partial charge in [-0.25, -0.2) is 0 Å². The maximum atomic E-state index is 6.14. The molecule has 0 radical (unpaired) electrons. The lowest BCUT2D eigenvalue weighted by atomic mass is 10.1. The molecule has 0 bridgehead atoms. The molecule has 1 aromatic rings. The standard InChI is InChI=1S/C14H21ClN2S/c1-10-8-12(16)11(15)9-13(10)17-5-4-14(2,3)18-7-6-17/h8-9H,4-7,16H2,1-3H3. The molecule has 0 aliphatic carbocycles. The molecule has 4 heteroatoms. The number of rotatable bonds is 1. The molecule has 2 rings (SSSR count). The van der Waals surface area contributed by atoms with Gasteiger partial charge in [0.1, 0.15) is 0 Å². The van der Waals surface area contributed by atoms with E-state index in [-0.39, 0.29) is 0 Å². The smallest absolute Gasteiger partial charge is 0.0656 e. The number of nitrogen functional groups attached to an aromatic ring is 1. The second kappa shape index (κ2) is 5.22. The fourth-order valence-corrected chi connectivity index (χ4v) is 3.55. The maximum absolute atomic E-state index is 6.14. The highest BCUT2D eigenvalue weighted by Crippen LogP contribution is 2.35. The number of benzene rings is 1. The van der Waals surface area contributed by atoms with Crippen LogP contribution in [0.5, 0.6) is 0 Å². The highest BCUT2D eigenvalue weighted by atomic mass is 35.5. The Balaban J connectivity index is 2.24. The average Bonchev–Trinajstić information content (AvgIpc) is 2.45. The summed E-state index contributed by atoms with van der Waals surface area (Å²) in [6.07, 6.45) is 1.19. The average molecular weight is 285 g/mol. The number of thioether (sulfide) groups is 1. The highest BCUT2D eigenvalue weighted by molar-refractivity contribution is 8.00. The van der Waals surface area contributed by atoms with Crippen LogP contribution in [0.2, 0.25) is 5.02 Å². The molecule has 100 valence electrons. The minimum Gasteiger partial charge on any atom is -0.398 e. The van der Waals surface area contributed by atoms with E-state index in [4.69, 9.17) is 17.3 Å². The molecule has 1 heterocycles. The number of hydrogen-bond donors (Lipinski definition) is 1. The van der Waals surface area contributed by atoms with Crippen LogP contribution in [0.4, 0.5) is 11.4 Å². The maximum Gasteiger partial charge on any atom is 0.0656 e. The van der Waals surface area contributed by atoms with Crippen molar-refractivity contribution in [2.24, 2.45) is 0 Å². The van der Waals surface area contributed by atoms with E-state index >= 15 is 0 Å². The molecule has 0 atom stereocenters. The lowest BCUT2D eigenvalue weighted by Gasteiger charge is -2.26. The van der Waals surface area contributed by atoms with Crippen LogP contribution in [0.15, 0.2) is 12.1 Å². The van der Waals surface area contributed by atoms with E-state index in [1.807, 2.05) is 12.1 Å². The van der Waals surface area contributed by atoms with Crippen molar-refractivity contribution in [1.29, 1.82) is 0 Å². The Morgan fingerprint density at radius 3 is 2.78 bits per heavy atom. The zero-order chi connectivity index (χ0) is 13.3. The largest absolute Gasteiger partial charge is 0.398 e. The minimum absolute atomic E-state index is 0.375. The molecule has 2 nitrogen and oxygen atoms in total. The Labute approximate surface area is 119 Å². The second-order valence-electron chi connectivity index (χ2n) is 5.51. The van der Waals surface area contributed by atoms with Crippen LogP contribution in [0.25, 0.3) is 0 Å². The fourth-order valence-electron chi connectivity index (χ4n) is 2.30. The Bertz CT molecular complexity index is 446. The van der Waals surface area contributed by atoms with Gasteiger partial charge < -0.3 is 10.6 Å². The topological polar surface area (TPSA) is 29.3 Å². The Morgan fingerprint density at radius 2 is 2.06 bits per heavy atom. The van der Waals surface area contributed by atoms with Crippen molar-refractivity contribution < 1.29 is 0 Å². The first-order chi connectivity index (χ1) is 8.39. The van der Waals surface area contributed by atoms with Crippen LogP contribution < -0.4 is 10.6 Å². The van der Waals surface area contributed by atoms with Gasteiger partial charge in [0.2, 0.25) is 0 Å². The van der Waals surface area contributed by atoms with E-state index in [0.29, 0.717) is 15.5 Å². The van der Waals surface area contributed by atoms with Crippen LogP contribution in [0.3, 0.4) is 0 Å². The summed E-state index contributed by atoms with van der Waals surface area (Å²) in [5.41, 5.74) is 8.95. The van der Waals surface area contributed by atoms with Crippen molar-refractivity contribution >= 4 is 34.7 Å². The normalized spacial score (nSPS) is 19.7. The lowest BCUT2D eigenvalue weighted by molar-refractivity contribution is 0.637. The van der Waals surface area contributed by atoms with Crippen molar-refractivity contribution in [2.45, 2.75) is 31.9 Å². The zero-order valence-electron chi connectivity index (χ0n) is 11.3. The van der Waals surface area contributed by atoms with E-state index in [1.165, 1.54) is 17.7 Å². The summed E-state index contributed by atoms with van der Waals surface area (Å²) >= 11 is 8.20. The van der Waals surface area contributed by atoms with Crippen LogP contribution in [0, 0.1) is 6.92 Å². The summed E-state index contributed by atoms with van der Waals surface area (Å²) in [5.74, 6) is 1.16. The molecule has 0 saturated carbocycles. The molecule has 0 unspecified atom stereocenters. The van der Waals surface area contributed by atoms with Gasteiger partial charge in [0.15, 0.2) is 0 Å². The van der Waals surface area contributed by atoms with Crippen LogP contribution in [-0.2, 0) is 0 Å². The van der Waals surface area contributed by atoms with Gasteiger partial charge in [-0.2, -0.15) is 11.8 Å². The van der Waals surface area contributed by atoms with E-state index in [1.54, 1.807) is 0 Å². The summed E-state index contributed by atoms with van der Waals surface area (Å²) < 4.78 is 0.375. The number of aryl methyl sites for hydroxylation is 1. The Kier molecular flexibility index (Phi) is 4.02. The molecule has 0 aromatic heterocycles. The quantitative estimate of drug-likeness (QED) is 0.792. The molecule has 2 N–H and O–H groups in total. The minimum atomic E-state index is 0.375. The summed E-state index contributed by atoms with van der Waals surface area (Å²) in [6, 6.07) is 3.98. The third kappa shape index (κ3) is 3.07. The van der Waals surface area contributed by atoms with Gasteiger partial charge in [-0.1, -0.05) is 25.4 Å². The number of anilines is 2. The number of nitrogens with zero attached hydrogens (tertiary/aromatic N) is 1. The van der Waals surface area contributed by atoms with Gasteiger partial charge >= 0.3 is 0 Å². The monoisotopic (exact) mass is 284 g/mol. The second-order valence-corrected chi connectivity index (χ2v) is 7.71. The van der Waals surface area contributed by atoms with E-state index < -0.39 is 0 Å². The summed E-state index contributed by atoms with van der Waals surface area (Å²) in [7, 11) is 0. The molecule has 1 aliphatic heterocycles. The van der Waals surface area contributed by atoms with E-state index in [9.17, 15) is 0 Å². The molecular formula is C14H21ClN2S. The Hall–Kier alpha value is -0.540. The summed E-state index contributed by atoms with van der Waals surface area (Å²) in [5, 5.41) is 0.659. The van der Waals surface area contributed by atoms with Crippen molar-refractivity contribution in [3.8, 4) is 0 Å². The predicted octanol–water partition coefficient (Wildman–Crippen LogP) is 3.95. The van der Waals surface area contributed by atoms with Gasteiger partial charge in [-0.05, 0) is 31.0 Å². The van der Waals surface area contributed by atoms with E-state index in [0.717, 1.165) is 18.8 Å². The lowest BCUT2D eigenvalue weighted by Crippen LogP contribution is -2.27. The van der Waals surface area contributed by atoms with Gasteiger partial charge in [0.05, 0.1) is 10.7 Å². The molecule has 1 fully saturated rings. The third-order valence-electron chi connectivity index (χ3n) is 3.49. The van der Waals surface area contributed by atoms with Crippen molar-refractivity contribution in [1.82, 2.24) is 0 Å². The van der Waals surface area contributed by atoms with Crippen molar-refractivity contribution in [2.75, 3.05) is 29.5 Å². The van der Waals surface area contributed by atoms with Crippen LogP contribution in [-0.4, -0.2) is 23.6 Å². The van der Waals surface area contributed by atoms with E-state index in [2.05, 4.69) is 37.4 Å². The van der Waals surface area contributed by atoms with Gasteiger partial charge in [-0.15, -0.1) is 0 Å². The molecule has 0 amide bonds. The molecule has 1 aliphatic rings. The van der Waals surface area contributed by atoms with Gasteiger partial charge in [0.25, 0.3) is 0 Å². The fraction of sp³-hybridized carbons (Fsp3) is 0.571. The first-order valence-electron chi connectivity index (χ1n) is 6.33. The van der Waals surface area contributed by atoms with Gasteiger partial charge in [0, 0.05) is 29.3 Å². The molecule has 1 saturated heterocycles. The summed E-state index contributed by atoms with van der Waals surface area (Å²) in [6.45, 7) is 8.91. The zero-order valence-corrected chi connectivity index (χ0v) is 12.9. The first-order valence-corrected chi connectivity index (χ1v) is 7.70. The van der Waals surface area contributed by atoms with Crippen LogP contribution >= 0.6 is 23.4 Å².